The highest BCUT2D eigenvalue weighted by molar-refractivity contribution is 7.99. The topological polar surface area (TPSA) is 46.5 Å². The lowest BCUT2D eigenvalue weighted by molar-refractivity contribution is 0.299. The number of benzene rings is 2. The van der Waals surface area contributed by atoms with Gasteiger partial charge in [-0.25, -0.2) is 13.2 Å². The Labute approximate surface area is 226 Å². The lowest BCUT2D eigenvalue weighted by Crippen LogP contribution is -2.37. The summed E-state index contributed by atoms with van der Waals surface area (Å²) in [5.41, 5.74) is 1.05. The van der Waals surface area contributed by atoms with Gasteiger partial charge in [0.15, 0.2) is 11.6 Å². The Balaban J connectivity index is 1.81. The van der Waals surface area contributed by atoms with Crippen LogP contribution in [0.4, 0.5) is 13.2 Å². The summed E-state index contributed by atoms with van der Waals surface area (Å²) in [5, 5.41) is 4.14. The maximum Gasteiger partial charge on any atom is 0.260 e. The van der Waals surface area contributed by atoms with Crippen LogP contribution in [0, 0.1) is 24.4 Å². The molecule has 3 aromatic rings. The number of likely N-dealkylation sites (N-methyl/N-ethyl adjacent to an activating group) is 1. The number of pyridine rings is 1. The molecule has 2 heterocycles. The van der Waals surface area contributed by atoms with E-state index in [2.05, 4.69) is 24.1 Å². The zero-order valence-corrected chi connectivity index (χ0v) is 23.1. The van der Waals surface area contributed by atoms with Gasteiger partial charge in [0.1, 0.15) is 11.6 Å². The van der Waals surface area contributed by atoms with Crippen LogP contribution in [0.1, 0.15) is 36.6 Å². The second-order valence-corrected chi connectivity index (χ2v) is 10.4. The fraction of sp³-hybridized carbons (Fsp3) is 0.414. The maximum absolute atomic E-state index is 15.4. The molecule has 1 N–H and O–H groups in total. The van der Waals surface area contributed by atoms with E-state index in [0.717, 1.165) is 26.2 Å². The van der Waals surface area contributed by atoms with E-state index >= 15 is 4.39 Å². The Hall–Kier alpha value is -2.75. The molecule has 0 spiro atoms. The number of hydrogen-bond acceptors (Lipinski definition) is 5. The minimum absolute atomic E-state index is 0.0255. The first kappa shape index (κ1) is 28.3. The maximum atomic E-state index is 15.4. The molecule has 5 nitrogen and oxygen atoms in total. The van der Waals surface area contributed by atoms with Gasteiger partial charge in [-0.3, -0.25) is 9.36 Å². The number of rotatable bonds is 11. The normalized spacial score (nSPS) is 14.8. The number of aromatic nitrogens is 1. The second-order valence-electron chi connectivity index (χ2n) is 9.35. The quantitative estimate of drug-likeness (QED) is 0.326. The van der Waals surface area contributed by atoms with E-state index in [-0.39, 0.29) is 40.5 Å². The minimum Gasteiger partial charge on any atom is -0.494 e. The van der Waals surface area contributed by atoms with Crippen molar-refractivity contribution in [1.82, 2.24) is 14.8 Å². The van der Waals surface area contributed by atoms with Gasteiger partial charge in [0, 0.05) is 42.9 Å². The van der Waals surface area contributed by atoms with Gasteiger partial charge < -0.3 is 15.0 Å². The molecule has 4 rings (SSSR count). The molecule has 1 aliphatic rings. The lowest BCUT2D eigenvalue weighted by atomic mass is 9.94. The van der Waals surface area contributed by atoms with Crippen LogP contribution >= 0.6 is 11.8 Å². The molecule has 0 bridgehead atoms. The average molecular weight is 546 g/mol. The van der Waals surface area contributed by atoms with Gasteiger partial charge in [-0.2, -0.15) is 0 Å². The Bertz CT molecular complexity index is 1340. The highest BCUT2D eigenvalue weighted by atomic mass is 32.2. The summed E-state index contributed by atoms with van der Waals surface area (Å²) in [6.07, 6.45) is -0.0480. The van der Waals surface area contributed by atoms with Crippen LogP contribution in [0.15, 0.2) is 46.2 Å². The number of fused-ring (bicyclic) bond motifs is 1. The van der Waals surface area contributed by atoms with Crippen molar-refractivity contribution in [3.63, 3.8) is 0 Å². The van der Waals surface area contributed by atoms with E-state index in [1.807, 2.05) is 0 Å². The van der Waals surface area contributed by atoms with E-state index in [4.69, 9.17) is 4.74 Å². The molecule has 2 aromatic carbocycles. The van der Waals surface area contributed by atoms with Gasteiger partial charge in [0.25, 0.3) is 5.56 Å². The van der Waals surface area contributed by atoms with Crippen LogP contribution in [0.3, 0.4) is 0 Å². The number of nitrogens with zero attached hydrogens (tertiary/aromatic N) is 2. The number of methoxy groups -OCH3 is 1. The molecular formula is C29H34F3N3O2S. The lowest BCUT2D eigenvalue weighted by Gasteiger charge is -2.22. The smallest absolute Gasteiger partial charge is 0.260 e. The van der Waals surface area contributed by atoms with E-state index < -0.39 is 17.5 Å². The Morgan fingerprint density at radius 3 is 2.42 bits per heavy atom. The van der Waals surface area contributed by atoms with Gasteiger partial charge in [-0.1, -0.05) is 32.0 Å². The predicted molar refractivity (Wildman–Crippen MR) is 147 cm³/mol. The van der Waals surface area contributed by atoms with Crippen molar-refractivity contribution in [3.05, 3.63) is 80.9 Å². The number of hydrogen-bond donors (Lipinski definition) is 1. The fourth-order valence-corrected chi connectivity index (χ4v) is 6.42. The molecule has 0 amide bonds. The SMILES string of the molecule is CCN(CC)CCNCC1CSc2c(Cc3c(F)cccc3F)c(C)c(-c3cccc(OC)c3F)c(=O)n21. The standard InChI is InChI=1S/C29H34F3N3O2S/c1-5-34(6-2)14-13-33-16-19-17-38-29-21(15-22-23(30)10-8-11-24(22)31)18(3)26(28(36)35(19)29)20-9-7-12-25(37-4)27(20)32/h7-12,19,33H,5-6,13-17H2,1-4H3. The van der Waals surface area contributed by atoms with E-state index in [1.54, 1.807) is 23.6 Å². The van der Waals surface area contributed by atoms with Crippen LogP contribution in [0.5, 0.6) is 5.75 Å². The molecule has 0 radical (unpaired) electrons. The second kappa shape index (κ2) is 12.4. The highest BCUT2D eigenvalue weighted by Crippen LogP contribution is 2.40. The molecule has 0 fully saturated rings. The van der Waals surface area contributed by atoms with Gasteiger partial charge in [0.05, 0.1) is 23.7 Å². The van der Waals surface area contributed by atoms with Gasteiger partial charge in [-0.15, -0.1) is 11.8 Å². The molecule has 0 saturated heterocycles. The largest absolute Gasteiger partial charge is 0.494 e. The predicted octanol–water partition coefficient (Wildman–Crippen LogP) is 5.42. The van der Waals surface area contributed by atoms with Crippen molar-refractivity contribution in [2.75, 3.05) is 45.6 Å². The first-order valence-corrected chi connectivity index (χ1v) is 13.9. The van der Waals surface area contributed by atoms with Crippen molar-refractivity contribution in [2.45, 2.75) is 38.3 Å². The van der Waals surface area contributed by atoms with Crippen LogP contribution in [-0.4, -0.2) is 55.1 Å². The van der Waals surface area contributed by atoms with Crippen LogP contribution in [0.25, 0.3) is 11.1 Å². The van der Waals surface area contributed by atoms with Crippen LogP contribution in [0.2, 0.25) is 0 Å². The summed E-state index contributed by atoms with van der Waals surface area (Å²) < 4.78 is 51.6. The molecule has 38 heavy (non-hydrogen) atoms. The zero-order chi connectivity index (χ0) is 27.4. The van der Waals surface area contributed by atoms with Crippen molar-refractivity contribution >= 4 is 11.8 Å². The Kier molecular flexibility index (Phi) is 9.23. The number of nitrogens with one attached hydrogen (secondary N) is 1. The van der Waals surface area contributed by atoms with E-state index in [1.165, 1.54) is 43.1 Å². The summed E-state index contributed by atoms with van der Waals surface area (Å²) in [6, 6.07) is 8.26. The number of halogens is 3. The molecule has 9 heteroatoms. The first-order valence-electron chi connectivity index (χ1n) is 12.9. The number of ether oxygens (including phenoxy) is 1. The summed E-state index contributed by atoms with van der Waals surface area (Å²) in [4.78, 5) is 16.3. The van der Waals surface area contributed by atoms with E-state index in [0.29, 0.717) is 28.5 Å². The fourth-order valence-electron chi connectivity index (χ4n) is 5.03. The third-order valence-corrected chi connectivity index (χ3v) is 8.53. The molecule has 0 aliphatic carbocycles. The van der Waals surface area contributed by atoms with Gasteiger partial charge >= 0.3 is 0 Å². The van der Waals surface area contributed by atoms with Gasteiger partial charge in [0.2, 0.25) is 0 Å². The molecular weight excluding hydrogens is 511 g/mol. The Morgan fingerprint density at radius 2 is 1.76 bits per heavy atom. The minimum atomic E-state index is -0.652. The summed E-state index contributed by atoms with van der Waals surface area (Å²) in [7, 11) is 1.37. The van der Waals surface area contributed by atoms with Gasteiger partial charge in [-0.05, 0) is 49.3 Å². The molecule has 0 saturated carbocycles. The highest BCUT2D eigenvalue weighted by Gasteiger charge is 2.32. The monoisotopic (exact) mass is 545 g/mol. The Morgan fingerprint density at radius 1 is 1.08 bits per heavy atom. The summed E-state index contributed by atoms with van der Waals surface area (Å²) in [5.74, 6) is -1.29. The zero-order valence-electron chi connectivity index (χ0n) is 22.2. The molecule has 204 valence electrons. The van der Waals surface area contributed by atoms with Crippen LogP contribution < -0.4 is 15.6 Å². The molecule has 1 aliphatic heterocycles. The first-order chi connectivity index (χ1) is 18.3. The third-order valence-electron chi connectivity index (χ3n) is 7.26. The van der Waals surface area contributed by atoms with Crippen molar-refractivity contribution < 1.29 is 17.9 Å². The molecule has 1 unspecified atom stereocenters. The summed E-state index contributed by atoms with van der Waals surface area (Å²) >= 11 is 1.50. The number of thioether (sulfide) groups is 1. The van der Waals surface area contributed by atoms with Crippen molar-refractivity contribution in [2.24, 2.45) is 0 Å². The molecule has 1 aromatic heterocycles. The van der Waals surface area contributed by atoms with Crippen LogP contribution in [-0.2, 0) is 6.42 Å². The van der Waals surface area contributed by atoms with E-state index in [9.17, 15) is 13.6 Å². The average Bonchev–Trinajstić information content (AvgIpc) is 3.33. The van der Waals surface area contributed by atoms with Crippen molar-refractivity contribution in [1.29, 1.82) is 0 Å². The molecule has 1 atom stereocenters. The third kappa shape index (κ3) is 5.51. The summed E-state index contributed by atoms with van der Waals surface area (Å²) in [6.45, 7) is 10.1. The van der Waals surface area contributed by atoms with Crippen molar-refractivity contribution in [3.8, 4) is 16.9 Å².